The molecule has 16 heteroatoms. The van der Waals surface area contributed by atoms with Crippen LogP contribution in [0.15, 0.2) is 47.4 Å². The Morgan fingerprint density at radius 1 is 0.889 bits per heavy atom. The number of hydrogen-bond acceptors (Lipinski definition) is 4. The van der Waals surface area contributed by atoms with Crippen molar-refractivity contribution in [2.45, 2.75) is 84.3 Å². The van der Waals surface area contributed by atoms with Crippen LogP contribution < -0.4 is 0 Å². The van der Waals surface area contributed by atoms with Crippen LogP contribution >= 0.6 is 0 Å². The Bertz CT molecular complexity index is 1620. The van der Waals surface area contributed by atoms with Gasteiger partial charge in [-0.2, -0.15) is 26.3 Å². The number of carboxylic acid groups (broad SMARTS) is 1. The van der Waals surface area contributed by atoms with Gasteiger partial charge in [0, 0.05) is 12.1 Å². The van der Waals surface area contributed by atoms with E-state index >= 15 is 4.39 Å². The Labute approximate surface area is 251 Å². The number of likely N-dealkylation sites (tertiary alicyclic amines) is 1. The zero-order valence-corrected chi connectivity index (χ0v) is 24.0. The minimum absolute atomic E-state index is 0.169. The van der Waals surface area contributed by atoms with Crippen LogP contribution in [0.3, 0.4) is 0 Å². The fourth-order valence-electron chi connectivity index (χ4n) is 7.11. The van der Waals surface area contributed by atoms with Gasteiger partial charge in [0.15, 0.2) is 15.5 Å². The fraction of sp³-hybridized carbons (Fsp3) is 0.517. The molecule has 2 aromatic carbocycles. The number of aliphatic carboxylic acids is 1. The number of nitrogens with zero attached hydrogens (tertiary/aromatic N) is 1. The predicted octanol–water partition coefficient (Wildman–Crippen LogP) is 6.31. The molecule has 1 amide bonds. The highest BCUT2D eigenvalue weighted by molar-refractivity contribution is 7.92. The molecule has 0 bridgehead atoms. The molecule has 1 N–H and O–H groups in total. The lowest BCUT2D eigenvalue weighted by atomic mass is 9.76. The predicted molar refractivity (Wildman–Crippen MR) is 138 cm³/mol. The molecule has 2 aromatic rings. The quantitative estimate of drug-likeness (QED) is 0.376. The maximum Gasteiger partial charge on any atom is 0.435 e. The van der Waals surface area contributed by atoms with Crippen LogP contribution in [0.25, 0.3) is 0 Å². The molecule has 1 aliphatic heterocycles. The molecular formula is C29H26F9NO5S. The molecule has 0 aromatic heterocycles. The molecule has 1 saturated heterocycles. The first-order valence-corrected chi connectivity index (χ1v) is 15.4. The van der Waals surface area contributed by atoms with E-state index in [4.69, 9.17) is 0 Å². The van der Waals surface area contributed by atoms with Gasteiger partial charge in [-0.25, -0.2) is 21.6 Å². The van der Waals surface area contributed by atoms with E-state index in [1.807, 2.05) is 0 Å². The Balaban J connectivity index is 1.65. The van der Waals surface area contributed by atoms with Crippen molar-refractivity contribution >= 4 is 21.7 Å². The number of alkyl halides is 8. The van der Waals surface area contributed by atoms with Crippen LogP contribution in [-0.4, -0.2) is 60.9 Å². The Morgan fingerprint density at radius 2 is 1.51 bits per heavy atom. The van der Waals surface area contributed by atoms with Crippen molar-refractivity contribution in [3.05, 3.63) is 65.0 Å². The molecule has 246 valence electrons. The average molecular weight is 672 g/mol. The number of sulfone groups is 1. The standard InChI is InChI=1S/C29H26F9NO5S/c30-19-2-1-3-20(15-19)45(43,44)26-12-13-39(24(42)25(31)10-8-16(9-11-25)23(40)41)22(26)7-4-17-14-18(5-6-21(17)26)27(32,28(33,34)35)29(36,37)38/h1-3,5-6,14-16,22H,4,7-13H2,(H,40,41)/t16-,22?,25+,26?. The summed E-state index contributed by atoms with van der Waals surface area (Å²) in [6, 6.07) is 3.47. The van der Waals surface area contributed by atoms with E-state index in [-0.39, 0.29) is 36.5 Å². The Morgan fingerprint density at radius 3 is 2.07 bits per heavy atom. The lowest BCUT2D eigenvalue weighted by molar-refractivity contribution is -0.348. The minimum Gasteiger partial charge on any atom is -0.481 e. The lowest BCUT2D eigenvalue weighted by Crippen LogP contribution is -2.56. The van der Waals surface area contributed by atoms with E-state index in [1.54, 1.807) is 0 Å². The molecule has 45 heavy (non-hydrogen) atoms. The minimum atomic E-state index is -6.42. The number of hydrogen-bond donors (Lipinski definition) is 1. The maximum atomic E-state index is 16.1. The van der Waals surface area contributed by atoms with Crippen LogP contribution in [0.2, 0.25) is 0 Å². The Kier molecular flexibility index (Phi) is 7.81. The zero-order chi connectivity index (χ0) is 33.4. The third-order valence-electron chi connectivity index (χ3n) is 9.42. The van der Waals surface area contributed by atoms with Crippen molar-refractivity contribution in [2.75, 3.05) is 6.54 Å². The van der Waals surface area contributed by atoms with Gasteiger partial charge in [-0.05, 0) is 74.3 Å². The van der Waals surface area contributed by atoms with Crippen molar-refractivity contribution in [2.24, 2.45) is 5.92 Å². The van der Waals surface area contributed by atoms with Gasteiger partial charge in [0.1, 0.15) is 10.6 Å². The highest BCUT2D eigenvalue weighted by Crippen LogP contribution is 2.57. The second-order valence-electron chi connectivity index (χ2n) is 11.8. The van der Waals surface area contributed by atoms with Gasteiger partial charge in [-0.1, -0.05) is 24.3 Å². The summed E-state index contributed by atoms with van der Waals surface area (Å²) in [7, 11) is -4.81. The van der Waals surface area contributed by atoms with Crippen molar-refractivity contribution in [1.82, 2.24) is 4.90 Å². The summed E-state index contributed by atoms with van der Waals surface area (Å²) in [6.07, 6.45) is -15.4. The molecule has 1 saturated carbocycles. The highest BCUT2D eigenvalue weighted by Gasteiger charge is 2.74. The van der Waals surface area contributed by atoms with E-state index in [2.05, 4.69) is 0 Å². The highest BCUT2D eigenvalue weighted by atomic mass is 32.2. The molecule has 2 unspecified atom stereocenters. The summed E-state index contributed by atoms with van der Waals surface area (Å²) < 4.78 is 153. The van der Waals surface area contributed by atoms with E-state index in [9.17, 15) is 58.2 Å². The number of amides is 1. The second kappa shape index (κ2) is 10.6. The molecule has 2 fully saturated rings. The van der Waals surface area contributed by atoms with Crippen LogP contribution in [0.1, 0.15) is 55.2 Å². The van der Waals surface area contributed by atoms with Crippen LogP contribution in [0, 0.1) is 11.7 Å². The lowest BCUT2D eigenvalue weighted by Gasteiger charge is -2.44. The number of aryl methyl sites for hydroxylation is 1. The summed E-state index contributed by atoms with van der Waals surface area (Å²) in [5.74, 6) is -4.15. The number of carbonyl (C=O) groups is 2. The third-order valence-corrected chi connectivity index (χ3v) is 12.0. The summed E-state index contributed by atoms with van der Waals surface area (Å²) >= 11 is 0. The maximum absolute atomic E-state index is 16.1. The number of rotatable bonds is 5. The van der Waals surface area contributed by atoms with Crippen LogP contribution in [0.5, 0.6) is 0 Å². The van der Waals surface area contributed by atoms with Crippen molar-refractivity contribution in [1.29, 1.82) is 0 Å². The zero-order valence-electron chi connectivity index (χ0n) is 23.2. The van der Waals surface area contributed by atoms with E-state index in [0.29, 0.717) is 18.2 Å². The van der Waals surface area contributed by atoms with Gasteiger partial charge < -0.3 is 10.0 Å². The van der Waals surface area contributed by atoms with E-state index in [0.717, 1.165) is 23.1 Å². The van der Waals surface area contributed by atoms with Gasteiger partial charge in [-0.15, -0.1) is 0 Å². The van der Waals surface area contributed by atoms with Gasteiger partial charge >= 0.3 is 24.0 Å². The number of fused-ring (bicyclic) bond motifs is 3. The fourth-order valence-corrected chi connectivity index (χ4v) is 9.51. The normalized spacial score (nSPS) is 27.5. The summed E-state index contributed by atoms with van der Waals surface area (Å²) in [5, 5.41) is 9.26. The molecule has 0 radical (unpaired) electrons. The van der Waals surface area contributed by atoms with Gasteiger partial charge in [0.25, 0.3) is 5.91 Å². The molecule has 0 spiro atoms. The summed E-state index contributed by atoms with van der Waals surface area (Å²) in [6.45, 7) is -0.397. The molecule has 5 rings (SSSR count). The van der Waals surface area contributed by atoms with Crippen molar-refractivity contribution in [3.8, 4) is 0 Å². The summed E-state index contributed by atoms with van der Waals surface area (Å²) in [5.41, 5.74) is -10.8. The SMILES string of the molecule is O=C(O)[C@H]1CC[C@](F)(C(=O)N2CCC3(S(=O)(=O)c4cccc(F)c4)c4ccc(C(F)(C(F)(F)F)C(F)(F)F)cc4CCC23)CC1. The Hall–Kier alpha value is -3.30. The number of halogens is 9. The van der Waals surface area contributed by atoms with Gasteiger partial charge in [0.2, 0.25) is 0 Å². The van der Waals surface area contributed by atoms with E-state index < -0.39 is 111 Å². The molecule has 3 aliphatic rings. The van der Waals surface area contributed by atoms with Crippen LogP contribution in [-0.2, 0) is 36.3 Å². The van der Waals surface area contributed by atoms with Gasteiger partial charge in [0.05, 0.1) is 16.9 Å². The average Bonchev–Trinajstić information content (AvgIpc) is 3.36. The topological polar surface area (TPSA) is 91.8 Å². The van der Waals surface area contributed by atoms with E-state index in [1.165, 1.54) is 0 Å². The molecular weight excluding hydrogens is 645 g/mol. The second-order valence-corrected chi connectivity index (χ2v) is 14.0. The molecule has 2 aliphatic carbocycles. The largest absolute Gasteiger partial charge is 0.481 e. The first-order valence-electron chi connectivity index (χ1n) is 13.9. The van der Waals surface area contributed by atoms with Gasteiger partial charge in [-0.3, -0.25) is 9.59 Å². The first kappa shape index (κ1) is 33.1. The number of carbonyl (C=O) groups excluding carboxylic acids is 1. The molecule has 1 heterocycles. The van der Waals surface area contributed by atoms with Crippen molar-refractivity contribution in [3.63, 3.8) is 0 Å². The number of benzene rings is 2. The summed E-state index contributed by atoms with van der Waals surface area (Å²) in [4.78, 5) is 25.4. The molecule has 2 atom stereocenters. The van der Waals surface area contributed by atoms with Crippen LogP contribution in [0.4, 0.5) is 39.5 Å². The monoisotopic (exact) mass is 671 g/mol. The third kappa shape index (κ3) is 4.89. The first-order chi connectivity index (χ1) is 20.7. The smallest absolute Gasteiger partial charge is 0.435 e. The van der Waals surface area contributed by atoms with Crippen molar-refractivity contribution < 1.29 is 62.6 Å². The molecule has 6 nitrogen and oxygen atoms in total. The number of carboxylic acids is 1.